The van der Waals surface area contributed by atoms with Crippen LogP contribution in [0.2, 0.25) is 0 Å². The summed E-state index contributed by atoms with van der Waals surface area (Å²) in [5.41, 5.74) is 2.92. The summed E-state index contributed by atoms with van der Waals surface area (Å²) >= 11 is 0. The van der Waals surface area contributed by atoms with Crippen molar-refractivity contribution >= 4 is 5.69 Å². The second-order valence-electron chi connectivity index (χ2n) is 8.47. The number of anilines is 1. The first-order valence-corrected chi connectivity index (χ1v) is 11.4. The SMILES string of the molecule is CCCCCCOc1ccc(NC2CCCCC2)c(C2CCCCC2)c1. The van der Waals surface area contributed by atoms with Crippen LogP contribution in [0.25, 0.3) is 0 Å². The quantitative estimate of drug-likeness (QED) is 0.464. The van der Waals surface area contributed by atoms with E-state index in [2.05, 4.69) is 30.4 Å². The van der Waals surface area contributed by atoms with Crippen molar-refractivity contribution in [1.29, 1.82) is 0 Å². The normalized spacial score (nSPS) is 19.4. The Morgan fingerprint density at radius 3 is 2.35 bits per heavy atom. The number of hydrogen-bond acceptors (Lipinski definition) is 2. The number of benzene rings is 1. The molecule has 3 rings (SSSR count). The molecule has 0 aliphatic heterocycles. The molecule has 26 heavy (non-hydrogen) atoms. The van der Waals surface area contributed by atoms with Crippen LogP contribution in [-0.4, -0.2) is 12.6 Å². The average Bonchev–Trinajstić information content (AvgIpc) is 2.70. The molecule has 0 atom stereocenters. The zero-order chi connectivity index (χ0) is 18.0. The number of nitrogens with one attached hydrogen (secondary N) is 1. The molecule has 2 nitrogen and oxygen atoms in total. The maximum absolute atomic E-state index is 6.10. The number of hydrogen-bond donors (Lipinski definition) is 1. The van der Waals surface area contributed by atoms with E-state index in [4.69, 9.17) is 4.74 Å². The van der Waals surface area contributed by atoms with Gasteiger partial charge < -0.3 is 10.1 Å². The summed E-state index contributed by atoms with van der Waals surface area (Å²) in [6.07, 6.45) is 18.8. The molecule has 2 fully saturated rings. The van der Waals surface area contributed by atoms with Gasteiger partial charge in [-0.05, 0) is 61.8 Å². The zero-order valence-corrected chi connectivity index (χ0v) is 16.9. The van der Waals surface area contributed by atoms with Crippen molar-refractivity contribution < 1.29 is 4.74 Å². The van der Waals surface area contributed by atoms with E-state index in [9.17, 15) is 0 Å². The molecular formula is C24H39NO. The summed E-state index contributed by atoms with van der Waals surface area (Å²) < 4.78 is 6.10. The molecule has 0 saturated heterocycles. The van der Waals surface area contributed by atoms with Gasteiger partial charge in [0.05, 0.1) is 6.61 Å². The molecule has 0 spiro atoms. The van der Waals surface area contributed by atoms with Gasteiger partial charge >= 0.3 is 0 Å². The molecule has 146 valence electrons. The fourth-order valence-corrected chi connectivity index (χ4v) is 4.70. The van der Waals surface area contributed by atoms with E-state index in [1.165, 1.54) is 101 Å². The summed E-state index contributed by atoms with van der Waals surface area (Å²) in [6.45, 7) is 3.12. The van der Waals surface area contributed by atoms with Crippen LogP contribution in [-0.2, 0) is 0 Å². The van der Waals surface area contributed by atoms with E-state index in [-0.39, 0.29) is 0 Å². The van der Waals surface area contributed by atoms with E-state index in [0.717, 1.165) is 18.3 Å². The van der Waals surface area contributed by atoms with Crippen molar-refractivity contribution in [3.8, 4) is 5.75 Å². The molecule has 2 aliphatic rings. The smallest absolute Gasteiger partial charge is 0.119 e. The molecule has 0 unspecified atom stereocenters. The third kappa shape index (κ3) is 5.93. The van der Waals surface area contributed by atoms with E-state index < -0.39 is 0 Å². The lowest BCUT2D eigenvalue weighted by Crippen LogP contribution is -2.23. The largest absolute Gasteiger partial charge is 0.494 e. The molecule has 2 saturated carbocycles. The third-order valence-electron chi connectivity index (χ3n) is 6.30. The molecule has 0 radical (unpaired) electrons. The molecule has 1 aromatic carbocycles. The van der Waals surface area contributed by atoms with E-state index in [1.807, 2.05) is 0 Å². The van der Waals surface area contributed by atoms with Gasteiger partial charge in [-0.2, -0.15) is 0 Å². The molecule has 1 N–H and O–H groups in total. The van der Waals surface area contributed by atoms with Crippen molar-refractivity contribution in [2.24, 2.45) is 0 Å². The maximum atomic E-state index is 6.10. The number of ether oxygens (including phenoxy) is 1. The average molecular weight is 358 g/mol. The molecule has 0 heterocycles. The highest BCUT2D eigenvalue weighted by atomic mass is 16.5. The molecule has 2 aliphatic carbocycles. The maximum Gasteiger partial charge on any atom is 0.119 e. The molecular weight excluding hydrogens is 318 g/mol. The first-order valence-electron chi connectivity index (χ1n) is 11.4. The van der Waals surface area contributed by atoms with Crippen molar-refractivity contribution in [1.82, 2.24) is 0 Å². The van der Waals surface area contributed by atoms with Gasteiger partial charge in [-0.1, -0.05) is 64.7 Å². The molecule has 1 aromatic rings. The van der Waals surface area contributed by atoms with Crippen LogP contribution >= 0.6 is 0 Å². The van der Waals surface area contributed by atoms with Crippen molar-refractivity contribution in [3.63, 3.8) is 0 Å². The highest BCUT2D eigenvalue weighted by Gasteiger charge is 2.21. The highest BCUT2D eigenvalue weighted by molar-refractivity contribution is 5.56. The first kappa shape index (κ1) is 19.6. The second-order valence-corrected chi connectivity index (χ2v) is 8.47. The van der Waals surface area contributed by atoms with Gasteiger partial charge in [0, 0.05) is 11.7 Å². The van der Waals surface area contributed by atoms with Crippen LogP contribution in [0.3, 0.4) is 0 Å². The lowest BCUT2D eigenvalue weighted by molar-refractivity contribution is 0.304. The van der Waals surface area contributed by atoms with Crippen molar-refractivity contribution in [3.05, 3.63) is 23.8 Å². The first-order chi connectivity index (χ1) is 12.9. The van der Waals surface area contributed by atoms with Crippen LogP contribution in [0.5, 0.6) is 5.75 Å². The highest BCUT2D eigenvalue weighted by Crippen LogP contribution is 2.39. The Balaban J connectivity index is 1.66. The zero-order valence-electron chi connectivity index (χ0n) is 16.9. The van der Waals surface area contributed by atoms with Crippen molar-refractivity contribution in [2.75, 3.05) is 11.9 Å². The predicted molar refractivity (Wildman–Crippen MR) is 112 cm³/mol. The van der Waals surface area contributed by atoms with E-state index in [1.54, 1.807) is 0 Å². The van der Waals surface area contributed by atoms with Gasteiger partial charge in [0.2, 0.25) is 0 Å². The van der Waals surface area contributed by atoms with Gasteiger partial charge in [0.15, 0.2) is 0 Å². The number of rotatable bonds is 9. The van der Waals surface area contributed by atoms with E-state index in [0.29, 0.717) is 6.04 Å². The monoisotopic (exact) mass is 357 g/mol. The number of unbranched alkanes of at least 4 members (excludes halogenated alkanes) is 3. The van der Waals surface area contributed by atoms with Crippen LogP contribution < -0.4 is 10.1 Å². The Labute approximate surface area is 161 Å². The Kier molecular flexibility index (Phi) is 8.17. The topological polar surface area (TPSA) is 21.3 Å². The minimum absolute atomic E-state index is 0.673. The third-order valence-corrected chi connectivity index (χ3v) is 6.30. The Morgan fingerprint density at radius 1 is 0.885 bits per heavy atom. The molecule has 0 amide bonds. The summed E-state index contributed by atoms with van der Waals surface area (Å²) in [6, 6.07) is 7.53. The van der Waals surface area contributed by atoms with Gasteiger partial charge in [0.1, 0.15) is 5.75 Å². The molecule has 0 bridgehead atoms. The van der Waals surface area contributed by atoms with Gasteiger partial charge in [-0.15, -0.1) is 0 Å². The van der Waals surface area contributed by atoms with Crippen LogP contribution in [0, 0.1) is 0 Å². The van der Waals surface area contributed by atoms with Crippen LogP contribution in [0.15, 0.2) is 18.2 Å². The van der Waals surface area contributed by atoms with Crippen molar-refractivity contribution in [2.45, 2.75) is 109 Å². The summed E-state index contributed by atoms with van der Waals surface area (Å²) in [7, 11) is 0. The summed E-state index contributed by atoms with van der Waals surface area (Å²) in [5.74, 6) is 1.80. The second kappa shape index (κ2) is 10.8. The van der Waals surface area contributed by atoms with Gasteiger partial charge in [0.25, 0.3) is 0 Å². The minimum atomic E-state index is 0.673. The van der Waals surface area contributed by atoms with Gasteiger partial charge in [-0.3, -0.25) is 0 Å². The summed E-state index contributed by atoms with van der Waals surface area (Å²) in [4.78, 5) is 0. The van der Waals surface area contributed by atoms with Crippen LogP contribution in [0.4, 0.5) is 5.69 Å². The van der Waals surface area contributed by atoms with Crippen LogP contribution in [0.1, 0.15) is 108 Å². The predicted octanol–water partition coefficient (Wildman–Crippen LogP) is 7.44. The lowest BCUT2D eigenvalue weighted by atomic mass is 9.83. The fourth-order valence-electron chi connectivity index (χ4n) is 4.70. The minimum Gasteiger partial charge on any atom is -0.494 e. The Hall–Kier alpha value is -1.18. The summed E-state index contributed by atoms with van der Waals surface area (Å²) in [5, 5.41) is 3.90. The Morgan fingerprint density at radius 2 is 1.62 bits per heavy atom. The molecule has 0 aromatic heterocycles. The Bertz CT molecular complexity index is 515. The van der Waals surface area contributed by atoms with E-state index >= 15 is 0 Å². The molecule has 2 heteroatoms. The lowest BCUT2D eigenvalue weighted by Gasteiger charge is -2.29. The van der Waals surface area contributed by atoms with Gasteiger partial charge in [-0.25, -0.2) is 0 Å². The standard InChI is InChI=1S/C24H39NO/c1-2-3-4-11-18-26-22-16-17-24(25-21-14-9-6-10-15-21)23(19-22)20-12-7-5-8-13-20/h16-17,19-21,25H,2-15,18H2,1H3. The fraction of sp³-hybridized carbons (Fsp3) is 0.750.